The van der Waals surface area contributed by atoms with E-state index in [1.165, 1.54) is 22.3 Å². The Hall–Kier alpha value is -1.12. The molecular weight excluding hydrogens is 310 g/mol. The molecule has 0 fully saturated rings. The van der Waals surface area contributed by atoms with Gasteiger partial charge in [0, 0.05) is 16.9 Å². The first-order valence-corrected chi connectivity index (χ1v) is 7.86. The van der Waals surface area contributed by atoms with Gasteiger partial charge in [-0.2, -0.15) is 0 Å². The molecule has 20 heavy (non-hydrogen) atoms. The molecule has 0 radical (unpaired) electrons. The molecule has 0 bridgehead atoms. The SMILES string of the molecule is CNCC(Cc1c(C)cccc1C)c1ccc(Br)cc1. The van der Waals surface area contributed by atoms with Crippen molar-refractivity contribution in [3.63, 3.8) is 0 Å². The highest BCUT2D eigenvalue weighted by molar-refractivity contribution is 9.10. The van der Waals surface area contributed by atoms with Crippen molar-refractivity contribution in [2.75, 3.05) is 13.6 Å². The summed E-state index contributed by atoms with van der Waals surface area (Å²) in [5.41, 5.74) is 5.66. The molecule has 2 aromatic carbocycles. The highest BCUT2D eigenvalue weighted by Crippen LogP contribution is 2.25. The van der Waals surface area contributed by atoms with Gasteiger partial charge in [-0.15, -0.1) is 0 Å². The molecule has 0 heterocycles. The maximum Gasteiger partial charge on any atom is 0.0175 e. The summed E-state index contributed by atoms with van der Waals surface area (Å²) in [5.74, 6) is 0.507. The number of rotatable bonds is 5. The first kappa shape index (κ1) is 15.3. The predicted molar refractivity (Wildman–Crippen MR) is 90.4 cm³/mol. The molecule has 0 amide bonds. The van der Waals surface area contributed by atoms with Crippen molar-refractivity contribution in [2.45, 2.75) is 26.2 Å². The number of hydrogen-bond donors (Lipinski definition) is 1. The van der Waals surface area contributed by atoms with Gasteiger partial charge in [-0.3, -0.25) is 0 Å². The highest BCUT2D eigenvalue weighted by atomic mass is 79.9. The summed E-state index contributed by atoms with van der Waals surface area (Å²) in [6.07, 6.45) is 1.08. The van der Waals surface area contributed by atoms with Gasteiger partial charge < -0.3 is 5.32 Å². The molecular formula is C18H22BrN. The van der Waals surface area contributed by atoms with E-state index in [2.05, 4.69) is 77.6 Å². The molecule has 0 aliphatic rings. The molecule has 2 heteroatoms. The molecule has 2 rings (SSSR count). The zero-order valence-electron chi connectivity index (χ0n) is 12.4. The fraction of sp³-hybridized carbons (Fsp3) is 0.333. The van der Waals surface area contributed by atoms with E-state index in [1.54, 1.807) is 0 Å². The molecule has 1 unspecified atom stereocenters. The van der Waals surface area contributed by atoms with Gasteiger partial charge in [0.05, 0.1) is 0 Å². The summed E-state index contributed by atoms with van der Waals surface area (Å²) < 4.78 is 1.14. The Labute approximate surface area is 130 Å². The van der Waals surface area contributed by atoms with Crippen LogP contribution in [0, 0.1) is 13.8 Å². The molecule has 0 aliphatic carbocycles. The Kier molecular flexibility index (Phi) is 5.38. The molecule has 1 N–H and O–H groups in total. The van der Waals surface area contributed by atoms with Gasteiger partial charge in [-0.05, 0) is 61.7 Å². The van der Waals surface area contributed by atoms with Gasteiger partial charge in [-0.25, -0.2) is 0 Å². The third-order valence-electron chi connectivity index (χ3n) is 3.89. The molecule has 106 valence electrons. The zero-order chi connectivity index (χ0) is 14.5. The minimum absolute atomic E-state index is 0.507. The quantitative estimate of drug-likeness (QED) is 0.843. The van der Waals surface area contributed by atoms with Crippen LogP contribution in [0.5, 0.6) is 0 Å². The molecule has 2 aromatic rings. The molecule has 0 saturated heterocycles. The third kappa shape index (κ3) is 3.71. The normalized spacial score (nSPS) is 12.4. The summed E-state index contributed by atoms with van der Waals surface area (Å²) >= 11 is 3.51. The van der Waals surface area contributed by atoms with Crippen LogP contribution < -0.4 is 5.32 Å². The molecule has 1 nitrogen and oxygen atoms in total. The lowest BCUT2D eigenvalue weighted by molar-refractivity contribution is 0.623. The molecule has 0 aliphatic heterocycles. The van der Waals surface area contributed by atoms with Crippen LogP contribution in [0.1, 0.15) is 28.2 Å². The Balaban J connectivity index is 2.28. The van der Waals surface area contributed by atoms with Crippen LogP contribution in [0.4, 0.5) is 0 Å². The van der Waals surface area contributed by atoms with E-state index in [-0.39, 0.29) is 0 Å². The van der Waals surface area contributed by atoms with Crippen LogP contribution in [0.2, 0.25) is 0 Å². The zero-order valence-corrected chi connectivity index (χ0v) is 14.0. The number of benzene rings is 2. The number of nitrogens with one attached hydrogen (secondary N) is 1. The van der Waals surface area contributed by atoms with E-state index in [1.807, 2.05) is 7.05 Å². The van der Waals surface area contributed by atoms with Crippen LogP contribution in [-0.4, -0.2) is 13.6 Å². The second kappa shape index (κ2) is 7.05. The minimum Gasteiger partial charge on any atom is -0.319 e. The van der Waals surface area contributed by atoms with Crippen molar-refractivity contribution in [1.29, 1.82) is 0 Å². The Morgan fingerprint density at radius 1 is 1.00 bits per heavy atom. The van der Waals surface area contributed by atoms with Crippen molar-refractivity contribution < 1.29 is 0 Å². The molecule has 0 spiro atoms. The van der Waals surface area contributed by atoms with E-state index in [9.17, 15) is 0 Å². The number of aryl methyl sites for hydroxylation is 2. The second-order valence-corrected chi connectivity index (χ2v) is 6.30. The van der Waals surface area contributed by atoms with E-state index in [0.717, 1.165) is 17.4 Å². The lowest BCUT2D eigenvalue weighted by Crippen LogP contribution is -2.19. The monoisotopic (exact) mass is 331 g/mol. The summed E-state index contributed by atoms with van der Waals surface area (Å²) in [5, 5.41) is 3.33. The van der Waals surface area contributed by atoms with Crippen LogP contribution in [0.3, 0.4) is 0 Å². The fourth-order valence-corrected chi connectivity index (χ4v) is 2.97. The first-order valence-electron chi connectivity index (χ1n) is 7.07. The Bertz CT molecular complexity index is 540. The number of likely N-dealkylation sites (N-methyl/N-ethyl adjacent to an activating group) is 1. The number of hydrogen-bond acceptors (Lipinski definition) is 1. The largest absolute Gasteiger partial charge is 0.319 e. The first-order chi connectivity index (χ1) is 9.61. The maximum absolute atomic E-state index is 3.51. The van der Waals surface area contributed by atoms with E-state index in [0.29, 0.717) is 5.92 Å². The van der Waals surface area contributed by atoms with Crippen LogP contribution >= 0.6 is 15.9 Å². The average Bonchev–Trinajstić information content (AvgIpc) is 2.43. The second-order valence-electron chi connectivity index (χ2n) is 5.38. The van der Waals surface area contributed by atoms with Gasteiger partial charge in [0.25, 0.3) is 0 Å². The van der Waals surface area contributed by atoms with Crippen molar-refractivity contribution in [3.05, 3.63) is 69.2 Å². The summed E-state index contributed by atoms with van der Waals surface area (Å²) in [7, 11) is 2.02. The van der Waals surface area contributed by atoms with Gasteiger partial charge in [0.15, 0.2) is 0 Å². The number of halogens is 1. The van der Waals surface area contributed by atoms with Gasteiger partial charge in [0.1, 0.15) is 0 Å². The molecule has 0 saturated carbocycles. The smallest absolute Gasteiger partial charge is 0.0175 e. The van der Waals surface area contributed by atoms with E-state index in [4.69, 9.17) is 0 Å². The van der Waals surface area contributed by atoms with Crippen LogP contribution in [0.15, 0.2) is 46.9 Å². The minimum atomic E-state index is 0.507. The summed E-state index contributed by atoms with van der Waals surface area (Å²) in [4.78, 5) is 0. The predicted octanol–water partition coefficient (Wildman–Crippen LogP) is 4.61. The Morgan fingerprint density at radius 3 is 2.15 bits per heavy atom. The molecule has 0 aromatic heterocycles. The van der Waals surface area contributed by atoms with Gasteiger partial charge in [-0.1, -0.05) is 46.3 Å². The van der Waals surface area contributed by atoms with Gasteiger partial charge >= 0.3 is 0 Å². The lowest BCUT2D eigenvalue weighted by atomic mass is 9.88. The van der Waals surface area contributed by atoms with Gasteiger partial charge in [0.2, 0.25) is 0 Å². The van der Waals surface area contributed by atoms with E-state index < -0.39 is 0 Å². The fourth-order valence-electron chi connectivity index (χ4n) is 2.71. The maximum atomic E-state index is 3.51. The van der Waals surface area contributed by atoms with Crippen LogP contribution in [0.25, 0.3) is 0 Å². The van der Waals surface area contributed by atoms with Crippen molar-refractivity contribution in [1.82, 2.24) is 5.32 Å². The standard InChI is InChI=1S/C18H22BrN/c1-13-5-4-6-14(2)18(13)11-16(12-20-3)15-7-9-17(19)10-8-15/h4-10,16,20H,11-12H2,1-3H3. The molecule has 1 atom stereocenters. The van der Waals surface area contributed by atoms with Crippen molar-refractivity contribution in [3.8, 4) is 0 Å². The lowest BCUT2D eigenvalue weighted by Gasteiger charge is -2.20. The average molecular weight is 332 g/mol. The van der Waals surface area contributed by atoms with E-state index >= 15 is 0 Å². The summed E-state index contributed by atoms with van der Waals surface area (Å²) in [6.45, 7) is 5.41. The third-order valence-corrected chi connectivity index (χ3v) is 4.42. The highest BCUT2D eigenvalue weighted by Gasteiger charge is 2.14. The summed E-state index contributed by atoms with van der Waals surface area (Å²) in [6, 6.07) is 15.3. The topological polar surface area (TPSA) is 12.0 Å². The van der Waals surface area contributed by atoms with Crippen molar-refractivity contribution in [2.24, 2.45) is 0 Å². The van der Waals surface area contributed by atoms with Crippen molar-refractivity contribution >= 4 is 15.9 Å². The van der Waals surface area contributed by atoms with Crippen LogP contribution in [-0.2, 0) is 6.42 Å². The Morgan fingerprint density at radius 2 is 1.60 bits per heavy atom.